The molecule has 0 aromatic heterocycles. The van der Waals surface area contributed by atoms with Gasteiger partial charge in [-0.3, -0.25) is 4.79 Å². The average molecular weight is 242 g/mol. The second-order valence-electron chi connectivity index (χ2n) is 4.88. The summed E-state index contributed by atoms with van der Waals surface area (Å²) in [5, 5.41) is 3.44. The number of esters is 1. The fourth-order valence-corrected chi connectivity index (χ4v) is 2.34. The summed E-state index contributed by atoms with van der Waals surface area (Å²) in [5.74, 6) is 0.697. The van der Waals surface area contributed by atoms with E-state index in [9.17, 15) is 4.79 Å². The molecule has 1 N–H and O–H groups in total. The minimum Gasteiger partial charge on any atom is -0.466 e. The number of piperidine rings is 1. The van der Waals surface area contributed by atoms with Crippen molar-refractivity contribution in [1.82, 2.24) is 10.2 Å². The highest BCUT2D eigenvalue weighted by Crippen LogP contribution is 2.13. The van der Waals surface area contributed by atoms with Gasteiger partial charge in [-0.05, 0) is 58.8 Å². The van der Waals surface area contributed by atoms with E-state index in [1.807, 2.05) is 6.92 Å². The zero-order valence-electron chi connectivity index (χ0n) is 11.2. The van der Waals surface area contributed by atoms with Gasteiger partial charge < -0.3 is 15.0 Å². The zero-order chi connectivity index (χ0) is 12.5. The largest absolute Gasteiger partial charge is 0.466 e. The summed E-state index contributed by atoms with van der Waals surface area (Å²) in [6.07, 6.45) is 4.05. The fourth-order valence-electron chi connectivity index (χ4n) is 2.34. The number of hydrogen-bond donors (Lipinski definition) is 1. The lowest BCUT2D eigenvalue weighted by Gasteiger charge is -2.29. The summed E-state index contributed by atoms with van der Waals surface area (Å²) in [6, 6.07) is 0. The lowest BCUT2D eigenvalue weighted by Crippen LogP contribution is -2.37. The van der Waals surface area contributed by atoms with Crippen molar-refractivity contribution in [1.29, 1.82) is 0 Å². The first-order valence-corrected chi connectivity index (χ1v) is 6.77. The molecular formula is C13H26N2O2. The molecule has 4 heteroatoms. The van der Waals surface area contributed by atoms with E-state index in [1.165, 1.54) is 25.9 Å². The second kappa shape index (κ2) is 8.48. The third-order valence-electron chi connectivity index (χ3n) is 3.19. The Morgan fingerprint density at radius 1 is 1.53 bits per heavy atom. The number of rotatable bonds is 7. The van der Waals surface area contributed by atoms with Crippen molar-refractivity contribution in [2.24, 2.45) is 5.92 Å². The van der Waals surface area contributed by atoms with Crippen LogP contribution in [0.25, 0.3) is 0 Å². The monoisotopic (exact) mass is 242 g/mol. The Morgan fingerprint density at radius 3 is 3.06 bits per heavy atom. The SMILES string of the molecule is CCOC(=O)CCCNCC1CCCN(C)C1. The Labute approximate surface area is 105 Å². The molecule has 100 valence electrons. The van der Waals surface area contributed by atoms with Crippen LogP contribution >= 0.6 is 0 Å². The molecule has 1 aliphatic heterocycles. The highest BCUT2D eigenvalue weighted by atomic mass is 16.5. The van der Waals surface area contributed by atoms with Crippen molar-refractivity contribution >= 4 is 5.97 Å². The van der Waals surface area contributed by atoms with E-state index in [2.05, 4.69) is 17.3 Å². The quantitative estimate of drug-likeness (QED) is 0.539. The zero-order valence-corrected chi connectivity index (χ0v) is 11.2. The van der Waals surface area contributed by atoms with Gasteiger partial charge in [-0.2, -0.15) is 0 Å². The predicted octanol–water partition coefficient (Wildman–Crippen LogP) is 1.26. The molecule has 17 heavy (non-hydrogen) atoms. The van der Waals surface area contributed by atoms with Gasteiger partial charge in [-0.1, -0.05) is 0 Å². The topological polar surface area (TPSA) is 41.6 Å². The lowest BCUT2D eigenvalue weighted by atomic mass is 9.98. The second-order valence-corrected chi connectivity index (χ2v) is 4.88. The van der Waals surface area contributed by atoms with Gasteiger partial charge in [0.1, 0.15) is 0 Å². The van der Waals surface area contributed by atoms with Crippen LogP contribution in [0, 0.1) is 5.92 Å². The van der Waals surface area contributed by atoms with E-state index in [0.717, 1.165) is 25.4 Å². The molecule has 1 atom stereocenters. The molecule has 0 aromatic carbocycles. The maximum Gasteiger partial charge on any atom is 0.305 e. The fraction of sp³-hybridized carbons (Fsp3) is 0.923. The van der Waals surface area contributed by atoms with Crippen LogP contribution in [0.3, 0.4) is 0 Å². The number of carbonyl (C=O) groups is 1. The number of likely N-dealkylation sites (tertiary alicyclic amines) is 1. The molecule has 0 bridgehead atoms. The standard InChI is InChI=1S/C13H26N2O2/c1-3-17-13(16)7-4-8-14-10-12-6-5-9-15(2)11-12/h12,14H,3-11H2,1-2H3. The molecule has 0 aromatic rings. The predicted molar refractivity (Wildman–Crippen MR) is 69.0 cm³/mol. The minimum absolute atomic E-state index is 0.0771. The summed E-state index contributed by atoms with van der Waals surface area (Å²) < 4.78 is 4.88. The maximum atomic E-state index is 11.1. The van der Waals surface area contributed by atoms with Gasteiger partial charge in [0.2, 0.25) is 0 Å². The van der Waals surface area contributed by atoms with Crippen molar-refractivity contribution in [2.45, 2.75) is 32.6 Å². The van der Waals surface area contributed by atoms with Gasteiger partial charge in [0.05, 0.1) is 6.61 Å². The van der Waals surface area contributed by atoms with Gasteiger partial charge in [-0.25, -0.2) is 0 Å². The van der Waals surface area contributed by atoms with Crippen molar-refractivity contribution in [3.63, 3.8) is 0 Å². The van der Waals surface area contributed by atoms with Crippen molar-refractivity contribution < 1.29 is 9.53 Å². The number of hydrogen-bond acceptors (Lipinski definition) is 4. The van der Waals surface area contributed by atoms with E-state index in [0.29, 0.717) is 13.0 Å². The van der Waals surface area contributed by atoms with E-state index in [1.54, 1.807) is 0 Å². The Bertz CT molecular complexity index is 221. The van der Waals surface area contributed by atoms with E-state index in [4.69, 9.17) is 4.74 Å². The molecule has 1 fully saturated rings. The van der Waals surface area contributed by atoms with Crippen LogP contribution in [0.4, 0.5) is 0 Å². The van der Waals surface area contributed by atoms with Crippen LogP contribution in [0.5, 0.6) is 0 Å². The summed E-state index contributed by atoms with van der Waals surface area (Å²) in [4.78, 5) is 13.5. The number of carbonyl (C=O) groups excluding carboxylic acids is 1. The van der Waals surface area contributed by atoms with Crippen LogP contribution < -0.4 is 5.32 Å². The molecule has 1 aliphatic rings. The van der Waals surface area contributed by atoms with Crippen molar-refractivity contribution in [2.75, 3.05) is 39.8 Å². The van der Waals surface area contributed by atoms with Crippen LogP contribution in [0.2, 0.25) is 0 Å². The van der Waals surface area contributed by atoms with Crippen LogP contribution in [0.15, 0.2) is 0 Å². The van der Waals surface area contributed by atoms with Crippen molar-refractivity contribution in [3.8, 4) is 0 Å². The molecule has 0 amide bonds. The number of nitrogens with zero attached hydrogens (tertiary/aromatic N) is 1. The minimum atomic E-state index is -0.0771. The highest BCUT2D eigenvalue weighted by Gasteiger charge is 2.16. The highest BCUT2D eigenvalue weighted by molar-refractivity contribution is 5.69. The van der Waals surface area contributed by atoms with Crippen LogP contribution in [-0.2, 0) is 9.53 Å². The van der Waals surface area contributed by atoms with Gasteiger partial charge in [0.15, 0.2) is 0 Å². The molecule has 1 unspecified atom stereocenters. The lowest BCUT2D eigenvalue weighted by molar-refractivity contribution is -0.143. The molecule has 0 aliphatic carbocycles. The molecule has 0 radical (unpaired) electrons. The normalized spacial score (nSPS) is 21.4. The molecule has 1 heterocycles. The van der Waals surface area contributed by atoms with E-state index >= 15 is 0 Å². The Morgan fingerprint density at radius 2 is 2.35 bits per heavy atom. The molecular weight excluding hydrogens is 216 g/mol. The van der Waals surface area contributed by atoms with Gasteiger partial charge in [0, 0.05) is 13.0 Å². The third kappa shape index (κ3) is 6.64. The van der Waals surface area contributed by atoms with Gasteiger partial charge in [0.25, 0.3) is 0 Å². The van der Waals surface area contributed by atoms with E-state index < -0.39 is 0 Å². The third-order valence-corrected chi connectivity index (χ3v) is 3.19. The number of ether oxygens (including phenoxy) is 1. The summed E-state index contributed by atoms with van der Waals surface area (Å²) >= 11 is 0. The van der Waals surface area contributed by atoms with Gasteiger partial charge >= 0.3 is 5.97 Å². The Hall–Kier alpha value is -0.610. The maximum absolute atomic E-state index is 11.1. The first-order chi connectivity index (χ1) is 8.22. The average Bonchev–Trinajstić information content (AvgIpc) is 2.29. The Kier molecular flexibility index (Phi) is 7.21. The van der Waals surface area contributed by atoms with E-state index in [-0.39, 0.29) is 5.97 Å². The first kappa shape index (κ1) is 14.5. The first-order valence-electron chi connectivity index (χ1n) is 6.77. The summed E-state index contributed by atoms with van der Waals surface area (Å²) in [6.45, 7) is 6.76. The van der Waals surface area contributed by atoms with Crippen molar-refractivity contribution in [3.05, 3.63) is 0 Å². The Balaban J connectivity index is 1.95. The molecule has 4 nitrogen and oxygen atoms in total. The van der Waals surface area contributed by atoms with Crippen LogP contribution in [-0.4, -0.2) is 50.7 Å². The summed E-state index contributed by atoms with van der Waals surface area (Å²) in [5.41, 5.74) is 0. The smallest absolute Gasteiger partial charge is 0.305 e. The van der Waals surface area contributed by atoms with Crippen LogP contribution in [0.1, 0.15) is 32.6 Å². The number of nitrogens with one attached hydrogen (secondary N) is 1. The van der Waals surface area contributed by atoms with Gasteiger partial charge in [-0.15, -0.1) is 0 Å². The molecule has 0 spiro atoms. The molecule has 0 saturated carbocycles. The summed E-state index contributed by atoms with van der Waals surface area (Å²) in [7, 11) is 2.19. The molecule has 1 saturated heterocycles. The molecule has 1 rings (SSSR count).